The lowest BCUT2D eigenvalue weighted by Crippen LogP contribution is -2.48. The third-order valence-corrected chi connectivity index (χ3v) is 4.36. The Morgan fingerprint density at radius 2 is 2.00 bits per heavy atom. The van der Waals surface area contributed by atoms with Crippen LogP contribution in [0.2, 0.25) is 0 Å². The van der Waals surface area contributed by atoms with E-state index in [-0.39, 0.29) is 6.04 Å². The van der Waals surface area contributed by atoms with Crippen LogP contribution in [0.1, 0.15) is 51.9 Å². The summed E-state index contributed by atoms with van der Waals surface area (Å²) in [4.78, 5) is 11.0. The van der Waals surface area contributed by atoms with Crippen molar-refractivity contribution in [3.8, 4) is 0 Å². The molecule has 0 aromatic heterocycles. The summed E-state index contributed by atoms with van der Waals surface area (Å²) in [5.74, 6) is -1.12. The molecule has 0 radical (unpaired) electrons. The van der Waals surface area contributed by atoms with Crippen LogP contribution in [-0.2, 0) is 15.0 Å². The first-order chi connectivity index (χ1) is 8.44. The van der Waals surface area contributed by atoms with Crippen LogP contribution in [0.25, 0.3) is 0 Å². The summed E-state index contributed by atoms with van der Waals surface area (Å²) < 4.78 is 28.3. The van der Waals surface area contributed by atoms with E-state index >= 15 is 0 Å². The third-order valence-electron chi connectivity index (χ3n) is 3.12. The standard InChI is InChI=1S/C11H22N2O4S/c1-2-3-8-10(11(14)15)13-18(16,17)12-9-6-4-5-7-9/h9-10,12-13H,2-8H2,1H3,(H,14,15). The molecule has 0 aromatic carbocycles. The maximum Gasteiger partial charge on any atom is 0.321 e. The van der Waals surface area contributed by atoms with Crippen molar-refractivity contribution < 1.29 is 18.3 Å². The SMILES string of the molecule is CCCCC(NS(=O)(=O)NC1CCCC1)C(=O)O. The second kappa shape index (κ2) is 7.06. The third kappa shape index (κ3) is 5.32. The Hall–Kier alpha value is -0.660. The number of unbranched alkanes of at least 4 members (excludes halogenated alkanes) is 1. The monoisotopic (exact) mass is 278 g/mol. The van der Waals surface area contributed by atoms with E-state index in [0.717, 1.165) is 32.1 Å². The Balaban J connectivity index is 2.52. The minimum atomic E-state index is -3.72. The van der Waals surface area contributed by atoms with Crippen LogP contribution in [0.5, 0.6) is 0 Å². The van der Waals surface area contributed by atoms with E-state index in [9.17, 15) is 13.2 Å². The molecule has 1 atom stereocenters. The summed E-state index contributed by atoms with van der Waals surface area (Å²) in [6, 6.07) is -1.09. The molecule has 18 heavy (non-hydrogen) atoms. The zero-order valence-corrected chi connectivity index (χ0v) is 11.5. The fourth-order valence-corrected chi connectivity index (χ4v) is 3.46. The van der Waals surface area contributed by atoms with Crippen LogP contribution in [0, 0.1) is 0 Å². The Kier molecular flexibility index (Phi) is 6.04. The van der Waals surface area contributed by atoms with Gasteiger partial charge in [-0.05, 0) is 19.3 Å². The van der Waals surface area contributed by atoms with Crippen molar-refractivity contribution in [2.45, 2.75) is 64.0 Å². The second-order valence-corrected chi connectivity index (χ2v) is 6.23. The van der Waals surface area contributed by atoms with Gasteiger partial charge >= 0.3 is 5.97 Å². The molecule has 106 valence electrons. The number of carbonyl (C=O) groups is 1. The fourth-order valence-electron chi connectivity index (χ4n) is 2.13. The van der Waals surface area contributed by atoms with Gasteiger partial charge in [-0.3, -0.25) is 4.79 Å². The number of hydrogen-bond acceptors (Lipinski definition) is 3. The highest BCUT2D eigenvalue weighted by atomic mass is 32.2. The van der Waals surface area contributed by atoms with Crippen molar-refractivity contribution >= 4 is 16.2 Å². The Bertz CT molecular complexity index is 363. The van der Waals surface area contributed by atoms with E-state index in [1.807, 2.05) is 6.92 Å². The molecular formula is C11H22N2O4S. The molecule has 0 aliphatic heterocycles. The molecule has 1 rings (SSSR count). The van der Waals surface area contributed by atoms with Crippen molar-refractivity contribution in [1.82, 2.24) is 9.44 Å². The molecular weight excluding hydrogens is 256 g/mol. The molecule has 0 aromatic rings. The van der Waals surface area contributed by atoms with Gasteiger partial charge in [-0.15, -0.1) is 0 Å². The van der Waals surface area contributed by atoms with Crippen molar-refractivity contribution in [2.24, 2.45) is 0 Å². The maximum absolute atomic E-state index is 11.8. The Morgan fingerprint density at radius 3 is 2.50 bits per heavy atom. The van der Waals surface area contributed by atoms with E-state index in [4.69, 9.17) is 5.11 Å². The van der Waals surface area contributed by atoms with Crippen LogP contribution in [0.15, 0.2) is 0 Å². The van der Waals surface area contributed by atoms with Crippen molar-refractivity contribution in [2.75, 3.05) is 0 Å². The van der Waals surface area contributed by atoms with E-state index < -0.39 is 22.2 Å². The number of nitrogens with one attached hydrogen (secondary N) is 2. The predicted octanol–water partition coefficient (Wildman–Crippen LogP) is 0.996. The van der Waals surface area contributed by atoms with Gasteiger partial charge in [0, 0.05) is 6.04 Å². The average Bonchev–Trinajstić information content (AvgIpc) is 2.75. The molecule has 1 aliphatic carbocycles. The number of carboxylic acids is 1. The van der Waals surface area contributed by atoms with Gasteiger partial charge in [-0.25, -0.2) is 0 Å². The topological polar surface area (TPSA) is 95.5 Å². The lowest BCUT2D eigenvalue weighted by molar-refractivity contribution is -0.139. The van der Waals surface area contributed by atoms with Crippen LogP contribution >= 0.6 is 0 Å². The lowest BCUT2D eigenvalue weighted by Gasteiger charge is -2.17. The van der Waals surface area contributed by atoms with Gasteiger partial charge in [0.1, 0.15) is 6.04 Å². The minimum absolute atomic E-state index is 0.0527. The molecule has 7 heteroatoms. The van der Waals surface area contributed by atoms with E-state index in [0.29, 0.717) is 12.8 Å². The summed E-state index contributed by atoms with van der Waals surface area (Å²) in [5, 5.41) is 8.97. The lowest BCUT2D eigenvalue weighted by atomic mass is 10.1. The summed E-state index contributed by atoms with van der Waals surface area (Å²) >= 11 is 0. The number of hydrogen-bond donors (Lipinski definition) is 3. The summed E-state index contributed by atoms with van der Waals surface area (Å²) in [6.45, 7) is 1.93. The Morgan fingerprint density at radius 1 is 1.39 bits per heavy atom. The largest absolute Gasteiger partial charge is 0.480 e. The number of rotatable bonds is 8. The van der Waals surface area contributed by atoms with E-state index in [1.54, 1.807) is 0 Å². The molecule has 3 N–H and O–H groups in total. The van der Waals surface area contributed by atoms with Crippen LogP contribution < -0.4 is 9.44 Å². The average molecular weight is 278 g/mol. The molecule has 0 saturated heterocycles. The first-order valence-electron chi connectivity index (χ1n) is 6.47. The minimum Gasteiger partial charge on any atom is -0.480 e. The van der Waals surface area contributed by atoms with Crippen molar-refractivity contribution in [3.63, 3.8) is 0 Å². The molecule has 0 spiro atoms. The smallest absolute Gasteiger partial charge is 0.321 e. The van der Waals surface area contributed by atoms with E-state index in [2.05, 4.69) is 9.44 Å². The number of carboxylic acid groups (broad SMARTS) is 1. The van der Waals surface area contributed by atoms with Gasteiger partial charge < -0.3 is 5.11 Å². The number of aliphatic carboxylic acids is 1. The molecule has 0 bridgehead atoms. The summed E-state index contributed by atoms with van der Waals surface area (Å²) in [5.41, 5.74) is 0. The first kappa shape index (κ1) is 15.4. The highest BCUT2D eigenvalue weighted by molar-refractivity contribution is 7.87. The summed E-state index contributed by atoms with van der Waals surface area (Å²) in [7, 11) is -3.72. The summed E-state index contributed by atoms with van der Waals surface area (Å²) in [6.07, 6.45) is 5.53. The molecule has 0 amide bonds. The molecule has 1 aliphatic rings. The molecule has 1 fully saturated rings. The highest BCUT2D eigenvalue weighted by Crippen LogP contribution is 2.18. The normalized spacial score (nSPS) is 18.9. The maximum atomic E-state index is 11.8. The zero-order valence-electron chi connectivity index (χ0n) is 10.7. The second-order valence-electron chi connectivity index (χ2n) is 4.75. The highest BCUT2D eigenvalue weighted by Gasteiger charge is 2.26. The molecule has 6 nitrogen and oxygen atoms in total. The van der Waals surface area contributed by atoms with Crippen molar-refractivity contribution in [3.05, 3.63) is 0 Å². The zero-order chi connectivity index (χ0) is 13.6. The van der Waals surface area contributed by atoms with Crippen LogP contribution in [0.4, 0.5) is 0 Å². The molecule has 1 unspecified atom stereocenters. The molecule has 0 heterocycles. The van der Waals surface area contributed by atoms with Crippen LogP contribution in [0.3, 0.4) is 0 Å². The van der Waals surface area contributed by atoms with Crippen molar-refractivity contribution in [1.29, 1.82) is 0 Å². The van der Waals surface area contributed by atoms with Gasteiger partial charge in [0.25, 0.3) is 10.2 Å². The van der Waals surface area contributed by atoms with Gasteiger partial charge in [-0.2, -0.15) is 17.9 Å². The Labute approximate surface area is 108 Å². The fraction of sp³-hybridized carbons (Fsp3) is 0.909. The van der Waals surface area contributed by atoms with Gasteiger partial charge in [-0.1, -0.05) is 32.6 Å². The van der Waals surface area contributed by atoms with Gasteiger partial charge in [0.05, 0.1) is 0 Å². The predicted molar refractivity (Wildman–Crippen MR) is 68.4 cm³/mol. The first-order valence-corrected chi connectivity index (χ1v) is 7.95. The van der Waals surface area contributed by atoms with Crippen LogP contribution in [-0.4, -0.2) is 31.6 Å². The molecule has 1 saturated carbocycles. The quantitative estimate of drug-likeness (QED) is 0.617. The van der Waals surface area contributed by atoms with Gasteiger partial charge in [0.15, 0.2) is 0 Å². The van der Waals surface area contributed by atoms with E-state index in [1.165, 1.54) is 0 Å². The van der Waals surface area contributed by atoms with Gasteiger partial charge in [0.2, 0.25) is 0 Å².